The molecule has 0 atom stereocenters. The Labute approximate surface area is 194 Å². The minimum Gasteiger partial charge on any atom is -0.432 e. The number of benzene rings is 1. The van der Waals surface area contributed by atoms with E-state index in [0.717, 1.165) is 18.8 Å². The van der Waals surface area contributed by atoms with Crippen molar-refractivity contribution in [3.63, 3.8) is 0 Å². The minimum atomic E-state index is -5.14. The fourth-order valence-corrected chi connectivity index (χ4v) is 5.58. The lowest BCUT2D eigenvalue weighted by atomic mass is 9.68. The van der Waals surface area contributed by atoms with Gasteiger partial charge in [0.15, 0.2) is 0 Å². The number of allylic oxidation sites excluding steroid dienone is 1. The quantitative estimate of drug-likeness (QED) is 0.341. The van der Waals surface area contributed by atoms with Crippen molar-refractivity contribution in [1.82, 2.24) is 0 Å². The Hall–Kier alpha value is -1.80. The highest BCUT2D eigenvalue weighted by atomic mass is 19.4. The van der Waals surface area contributed by atoms with Crippen LogP contribution in [0.2, 0.25) is 0 Å². The molecule has 0 spiro atoms. The van der Waals surface area contributed by atoms with Crippen LogP contribution in [0.15, 0.2) is 18.2 Å². The predicted octanol–water partition coefficient (Wildman–Crippen LogP) is 9.22. The maximum absolute atomic E-state index is 14.7. The molecule has 0 N–H and O–H groups in total. The summed E-state index contributed by atoms with van der Waals surface area (Å²) in [5.41, 5.74) is -1.58. The summed E-state index contributed by atoms with van der Waals surface area (Å²) in [4.78, 5) is 0. The number of hydrogen-bond donors (Lipinski definition) is 0. The maximum atomic E-state index is 14.7. The first-order valence-electron chi connectivity index (χ1n) is 11.9. The summed E-state index contributed by atoms with van der Waals surface area (Å²) in [5, 5.41) is 0. The summed E-state index contributed by atoms with van der Waals surface area (Å²) in [7, 11) is 0. The van der Waals surface area contributed by atoms with Crippen LogP contribution in [-0.4, -0.2) is 12.3 Å². The van der Waals surface area contributed by atoms with Crippen molar-refractivity contribution in [2.75, 3.05) is 0 Å². The molecule has 2 aliphatic carbocycles. The Morgan fingerprint density at radius 1 is 0.882 bits per heavy atom. The van der Waals surface area contributed by atoms with Gasteiger partial charge in [0.1, 0.15) is 23.2 Å². The zero-order valence-electron chi connectivity index (χ0n) is 19.0. The van der Waals surface area contributed by atoms with Crippen LogP contribution in [0.4, 0.5) is 35.1 Å². The van der Waals surface area contributed by atoms with Crippen molar-refractivity contribution < 1.29 is 39.9 Å². The van der Waals surface area contributed by atoms with E-state index < -0.39 is 53.1 Å². The van der Waals surface area contributed by atoms with Gasteiger partial charge in [-0.15, -0.1) is 0 Å². The van der Waals surface area contributed by atoms with Crippen LogP contribution < -0.4 is 4.74 Å². The molecule has 1 nitrogen and oxygen atoms in total. The summed E-state index contributed by atoms with van der Waals surface area (Å²) < 4.78 is 113. The third-order valence-corrected chi connectivity index (χ3v) is 7.30. The van der Waals surface area contributed by atoms with Gasteiger partial charge >= 0.3 is 12.3 Å². The van der Waals surface area contributed by atoms with E-state index in [0.29, 0.717) is 24.7 Å². The average Bonchev–Trinajstić information content (AvgIpc) is 2.72. The highest BCUT2D eigenvalue weighted by Gasteiger charge is 2.45. The molecule has 2 fully saturated rings. The lowest BCUT2D eigenvalue weighted by Crippen LogP contribution is -2.38. The first kappa shape index (κ1) is 26.8. The Bertz CT molecular complexity index is 824. The van der Waals surface area contributed by atoms with E-state index in [2.05, 4.69) is 11.7 Å². The summed E-state index contributed by atoms with van der Waals surface area (Å²) in [6, 6.07) is 0.549. The third-order valence-electron chi connectivity index (χ3n) is 7.30. The Morgan fingerprint density at radius 3 is 1.85 bits per heavy atom. The van der Waals surface area contributed by atoms with E-state index in [1.807, 2.05) is 0 Å². The van der Waals surface area contributed by atoms with Crippen molar-refractivity contribution in [3.8, 4) is 5.75 Å². The lowest BCUT2D eigenvalue weighted by Gasteiger charge is -2.39. The van der Waals surface area contributed by atoms with Gasteiger partial charge in [-0.2, -0.15) is 22.0 Å². The summed E-state index contributed by atoms with van der Waals surface area (Å²) in [5.74, 6) is -6.07. The van der Waals surface area contributed by atoms with Gasteiger partial charge in [-0.3, -0.25) is 0 Å². The standard InChI is InChI=1S/C25H30F8O/c1-2-3-15-4-6-16(7-5-15)17-8-10-18(11-9-17)25(32,33)34-19-12-20(26)23(21(27)13-19)22(28)14-24(29,30)31/h12-18H,2-11H2,1H3. The van der Waals surface area contributed by atoms with E-state index in [-0.39, 0.29) is 25.0 Å². The van der Waals surface area contributed by atoms with Crippen LogP contribution in [0, 0.1) is 35.3 Å². The normalized spacial score (nSPS) is 27.0. The number of halogens is 8. The summed E-state index contributed by atoms with van der Waals surface area (Å²) >= 11 is 0. The van der Waals surface area contributed by atoms with Crippen molar-refractivity contribution in [1.29, 1.82) is 0 Å². The molecule has 0 bridgehead atoms. The molecular weight excluding hydrogens is 468 g/mol. The second kappa shape index (κ2) is 10.9. The van der Waals surface area contributed by atoms with E-state index >= 15 is 0 Å². The van der Waals surface area contributed by atoms with Crippen LogP contribution in [-0.2, 0) is 0 Å². The zero-order chi connectivity index (χ0) is 25.1. The molecule has 1 aromatic carbocycles. The van der Waals surface area contributed by atoms with Gasteiger partial charge < -0.3 is 4.74 Å². The molecule has 2 aliphatic rings. The smallest absolute Gasteiger partial charge is 0.412 e. The van der Waals surface area contributed by atoms with Crippen LogP contribution in [0.25, 0.3) is 5.83 Å². The van der Waals surface area contributed by atoms with Gasteiger partial charge in [0, 0.05) is 12.1 Å². The number of hydrogen-bond acceptors (Lipinski definition) is 1. The monoisotopic (exact) mass is 498 g/mol. The Kier molecular flexibility index (Phi) is 8.56. The van der Waals surface area contributed by atoms with Gasteiger partial charge in [-0.05, 0) is 56.3 Å². The first-order valence-corrected chi connectivity index (χ1v) is 11.9. The fraction of sp³-hybridized carbons (Fsp3) is 0.680. The summed E-state index contributed by atoms with van der Waals surface area (Å²) in [6.45, 7) is 2.18. The molecule has 0 radical (unpaired) electrons. The molecule has 3 rings (SSSR count). The largest absolute Gasteiger partial charge is 0.432 e. The van der Waals surface area contributed by atoms with Crippen molar-refractivity contribution >= 4 is 5.83 Å². The Morgan fingerprint density at radius 2 is 1.38 bits per heavy atom. The molecule has 192 valence electrons. The number of rotatable bonds is 7. The topological polar surface area (TPSA) is 9.23 Å². The zero-order valence-corrected chi connectivity index (χ0v) is 19.0. The molecule has 0 aromatic heterocycles. The number of alkyl halides is 5. The third kappa shape index (κ3) is 6.87. The molecule has 9 heteroatoms. The van der Waals surface area contributed by atoms with Crippen molar-refractivity contribution in [3.05, 3.63) is 35.4 Å². The van der Waals surface area contributed by atoms with Gasteiger partial charge in [0.25, 0.3) is 0 Å². The molecule has 0 amide bonds. The molecule has 0 heterocycles. The van der Waals surface area contributed by atoms with E-state index in [1.54, 1.807) is 0 Å². The highest BCUT2D eigenvalue weighted by molar-refractivity contribution is 5.61. The van der Waals surface area contributed by atoms with E-state index in [4.69, 9.17) is 0 Å². The molecule has 1 aromatic rings. The molecule has 0 saturated heterocycles. The van der Waals surface area contributed by atoms with Gasteiger partial charge in [0.2, 0.25) is 0 Å². The SMILES string of the molecule is CCCC1CCC(C2CCC(C(F)(F)Oc3cc(F)c(C(F)=CC(F)(F)F)c(F)c3)CC2)CC1. The van der Waals surface area contributed by atoms with E-state index in [1.165, 1.54) is 25.7 Å². The van der Waals surface area contributed by atoms with Crippen LogP contribution >= 0.6 is 0 Å². The van der Waals surface area contributed by atoms with E-state index in [9.17, 15) is 35.1 Å². The first-order chi connectivity index (χ1) is 15.9. The predicted molar refractivity (Wildman–Crippen MR) is 113 cm³/mol. The van der Waals surface area contributed by atoms with Crippen LogP contribution in [0.5, 0.6) is 5.75 Å². The van der Waals surface area contributed by atoms with Gasteiger partial charge in [-0.25, -0.2) is 13.2 Å². The molecule has 0 unspecified atom stereocenters. The average molecular weight is 498 g/mol. The van der Waals surface area contributed by atoms with Crippen LogP contribution in [0.3, 0.4) is 0 Å². The summed E-state index contributed by atoms with van der Waals surface area (Å²) in [6.07, 6.45) is -1.08. The number of ether oxygens (including phenoxy) is 1. The minimum absolute atomic E-state index is 0.207. The highest BCUT2D eigenvalue weighted by Crippen LogP contribution is 2.46. The molecule has 34 heavy (non-hydrogen) atoms. The fourth-order valence-electron chi connectivity index (χ4n) is 5.58. The van der Waals surface area contributed by atoms with Crippen molar-refractivity contribution in [2.45, 2.75) is 83.4 Å². The Balaban J connectivity index is 1.60. The molecule has 0 aliphatic heterocycles. The van der Waals surface area contributed by atoms with Crippen LogP contribution in [0.1, 0.15) is 76.7 Å². The van der Waals surface area contributed by atoms with Gasteiger partial charge in [0.05, 0.1) is 17.6 Å². The van der Waals surface area contributed by atoms with Crippen molar-refractivity contribution in [2.24, 2.45) is 23.7 Å². The second-order valence-electron chi connectivity index (χ2n) is 9.64. The maximum Gasteiger partial charge on any atom is 0.412 e. The van der Waals surface area contributed by atoms with Gasteiger partial charge in [-0.1, -0.05) is 32.6 Å². The molecule has 2 saturated carbocycles. The second-order valence-corrected chi connectivity index (χ2v) is 9.64. The molecular formula is C25H30F8O. The lowest BCUT2D eigenvalue weighted by molar-refractivity contribution is -0.224.